The molecule has 0 aromatic heterocycles. The first kappa shape index (κ1) is 16.4. The Labute approximate surface area is 124 Å². The topological polar surface area (TPSA) is 58.9 Å². The molecule has 2 N–H and O–H groups in total. The van der Waals surface area contributed by atoms with Crippen LogP contribution in [0.25, 0.3) is 0 Å². The Morgan fingerprint density at radius 3 is 2.10 bits per heavy atom. The molecule has 2 aromatic rings. The van der Waals surface area contributed by atoms with Crippen molar-refractivity contribution in [3.63, 3.8) is 0 Å². The minimum Gasteiger partial charge on any atom is -0.504 e. The van der Waals surface area contributed by atoms with E-state index in [2.05, 4.69) is 6.58 Å². The number of ether oxygens (including phenoxy) is 2. The van der Waals surface area contributed by atoms with E-state index in [4.69, 9.17) is 14.6 Å². The van der Waals surface area contributed by atoms with E-state index in [1.165, 1.54) is 14.2 Å². The number of phenols is 2. The van der Waals surface area contributed by atoms with E-state index >= 15 is 0 Å². The zero-order valence-corrected chi connectivity index (χ0v) is 12.2. The summed E-state index contributed by atoms with van der Waals surface area (Å²) < 4.78 is 9.74. The molecule has 0 saturated carbocycles. The van der Waals surface area contributed by atoms with Crippen LogP contribution >= 0.6 is 0 Å². The molecule has 2 aromatic carbocycles. The number of rotatable bonds is 4. The molecule has 0 unspecified atom stereocenters. The average molecular weight is 288 g/mol. The lowest BCUT2D eigenvalue weighted by Gasteiger charge is -2.04. The summed E-state index contributed by atoms with van der Waals surface area (Å²) >= 11 is 0. The van der Waals surface area contributed by atoms with Crippen LogP contribution in [-0.2, 0) is 6.42 Å². The fraction of sp³-hybridized carbons (Fsp3) is 0.176. The van der Waals surface area contributed by atoms with Crippen molar-refractivity contribution in [2.24, 2.45) is 0 Å². The standard InChI is InChI=1S/C10H12O2.C7H8O2/c1-3-4-8-5-6-9(11)10(7-8)12-2;1-9-7-5-3-2-4-6(7)8/h3,5-7,11H,1,4H2,2H3;2-5,8H,1H3. The van der Waals surface area contributed by atoms with Gasteiger partial charge in [0.05, 0.1) is 14.2 Å². The van der Waals surface area contributed by atoms with Crippen molar-refractivity contribution in [3.8, 4) is 23.0 Å². The molecule has 0 radical (unpaired) electrons. The van der Waals surface area contributed by atoms with Crippen molar-refractivity contribution >= 4 is 0 Å². The van der Waals surface area contributed by atoms with Crippen molar-refractivity contribution in [2.45, 2.75) is 6.42 Å². The van der Waals surface area contributed by atoms with Gasteiger partial charge in [-0.1, -0.05) is 24.3 Å². The smallest absolute Gasteiger partial charge is 0.160 e. The van der Waals surface area contributed by atoms with E-state index < -0.39 is 0 Å². The Kier molecular flexibility index (Phi) is 6.68. The number of para-hydroxylation sites is 2. The molecule has 0 bridgehead atoms. The van der Waals surface area contributed by atoms with Gasteiger partial charge in [-0.05, 0) is 36.2 Å². The third-order valence-electron chi connectivity index (χ3n) is 2.71. The lowest BCUT2D eigenvalue weighted by Crippen LogP contribution is -1.86. The first-order valence-electron chi connectivity index (χ1n) is 6.41. The van der Waals surface area contributed by atoms with Crippen molar-refractivity contribution < 1.29 is 19.7 Å². The number of phenolic OH excluding ortho intramolecular Hbond substituents is 2. The normalized spacial score (nSPS) is 9.24. The number of hydrogen-bond acceptors (Lipinski definition) is 4. The number of benzene rings is 2. The van der Waals surface area contributed by atoms with Crippen LogP contribution in [0.1, 0.15) is 5.56 Å². The Balaban J connectivity index is 0.000000219. The maximum Gasteiger partial charge on any atom is 0.160 e. The predicted molar refractivity (Wildman–Crippen MR) is 83.2 cm³/mol. The van der Waals surface area contributed by atoms with E-state index in [1.54, 1.807) is 36.4 Å². The molecular formula is C17H20O4. The van der Waals surface area contributed by atoms with E-state index in [9.17, 15) is 5.11 Å². The Hall–Kier alpha value is -2.62. The predicted octanol–water partition coefficient (Wildman–Crippen LogP) is 3.53. The second-order valence-corrected chi connectivity index (χ2v) is 4.17. The fourth-order valence-corrected chi connectivity index (χ4v) is 1.65. The van der Waals surface area contributed by atoms with Crippen molar-refractivity contribution in [3.05, 3.63) is 60.7 Å². The SMILES string of the molecule is C=CCc1ccc(O)c(OC)c1.COc1ccccc1O. The Morgan fingerprint density at radius 2 is 1.57 bits per heavy atom. The third-order valence-corrected chi connectivity index (χ3v) is 2.71. The van der Waals surface area contributed by atoms with E-state index in [1.807, 2.05) is 12.1 Å². The number of allylic oxidation sites excluding steroid dienone is 1. The summed E-state index contributed by atoms with van der Waals surface area (Å²) in [6.07, 6.45) is 2.60. The van der Waals surface area contributed by atoms with Crippen LogP contribution in [0.15, 0.2) is 55.1 Å². The zero-order valence-electron chi connectivity index (χ0n) is 12.2. The fourth-order valence-electron chi connectivity index (χ4n) is 1.65. The molecule has 21 heavy (non-hydrogen) atoms. The number of methoxy groups -OCH3 is 2. The minimum absolute atomic E-state index is 0.172. The highest BCUT2D eigenvalue weighted by Gasteiger charge is 2.00. The number of hydrogen-bond donors (Lipinski definition) is 2. The summed E-state index contributed by atoms with van der Waals surface area (Å²) in [5, 5.41) is 18.2. The monoisotopic (exact) mass is 288 g/mol. The van der Waals surface area contributed by atoms with Crippen molar-refractivity contribution in [2.75, 3.05) is 14.2 Å². The number of aromatic hydroxyl groups is 2. The minimum atomic E-state index is 0.172. The molecule has 0 spiro atoms. The second-order valence-electron chi connectivity index (χ2n) is 4.17. The maximum absolute atomic E-state index is 9.25. The highest BCUT2D eigenvalue weighted by molar-refractivity contribution is 5.42. The van der Waals surface area contributed by atoms with Crippen LogP contribution in [0.5, 0.6) is 23.0 Å². The van der Waals surface area contributed by atoms with Gasteiger partial charge >= 0.3 is 0 Å². The molecule has 0 amide bonds. The highest BCUT2D eigenvalue weighted by atomic mass is 16.5. The molecule has 0 aliphatic carbocycles. The van der Waals surface area contributed by atoms with Gasteiger partial charge < -0.3 is 19.7 Å². The first-order valence-corrected chi connectivity index (χ1v) is 6.41. The van der Waals surface area contributed by atoms with Crippen LogP contribution in [0, 0.1) is 0 Å². The highest BCUT2D eigenvalue weighted by Crippen LogP contribution is 2.26. The van der Waals surface area contributed by atoms with Gasteiger partial charge in [-0.15, -0.1) is 6.58 Å². The molecule has 0 aliphatic rings. The van der Waals surface area contributed by atoms with Gasteiger partial charge in [-0.25, -0.2) is 0 Å². The summed E-state index contributed by atoms with van der Waals surface area (Å²) in [6, 6.07) is 12.1. The summed E-state index contributed by atoms with van der Waals surface area (Å²) in [5.74, 6) is 1.37. The largest absolute Gasteiger partial charge is 0.504 e. The maximum atomic E-state index is 9.25. The molecule has 0 saturated heterocycles. The van der Waals surface area contributed by atoms with Crippen LogP contribution in [0.3, 0.4) is 0 Å². The van der Waals surface area contributed by atoms with Crippen LogP contribution in [-0.4, -0.2) is 24.4 Å². The molecule has 4 nitrogen and oxygen atoms in total. The summed E-state index contributed by atoms with van der Waals surface area (Å²) in [7, 11) is 3.06. The van der Waals surface area contributed by atoms with E-state index in [0.717, 1.165) is 12.0 Å². The summed E-state index contributed by atoms with van der Waals surface area (Å²) in [4.78, 5) is 0. The van der Waals surface area contributed by atoms with Crippen LogP contribution in [0.2, 0.25) is 0 Å². The molecular weight excluding hydrogens is 268 g/mol. The molecule has 0 aliphatic heterocycles. The molecule has 0 heterocycles. The van der Waals surface area contributed by atoms with Crippen LogP contribution < -0.4 is 9.47 Å². The second kappa shape index (κ2) is 8.53. The van der Waals surface area contributed by atoms with Crippen molar-refractivity contribution in [1.29, 1.82) is 0 Å². The molecule has 4 heteroatoms. The van der Waals surface area contributed by atoms with Gasteiger partial charge in [0.1, 0.15) is 0 Å². The zero-order chi connectivity index (χ0) is 15.7. The van der Waals surface area contributed by atoms with E-state index in [0.29, 0.717) is 11.5 Å². The molecule has 0 atom stereocenters. The summed E-state index contributed by atoms with van der Waals surface area (Å²) in [6.45, 7) is 3.63. The average Bonchev–Trinajstić information content (AvgIpc) is 2.50. The summed E-state index contributed by atoms with van der Waals surface area (Å²) in [5.41, 5.74) is 1.08. The Morgan fingerprint density at radius 1 is 0.952 bits per heavy atom. The van der Waals surface area contributed by atoms with Gasteiger partial charge in [0, 0.05) is 0 Å². The van der Waals surface area contributed by atoms with Gasteiger partial charge in [0.15, 0.2) is 23.0 Å². The van der Waals surface area contributed by atoms with Gasteiger partial charge in [0.2, 0.25) is 0 Å². The molecule has 0 fully saturated rings. The van der Waals surface area contributed by atoms with Gasteiger partial charge in [-0.3, -0.25) is 0 Å². The molecule has 112 valence electrons. The molecule has 2 rings (SSSR count). The Bertz CT molecular complexity index is 579. The third kappa shape index (κ3) is 5.10. The van der Waals surface area contributed by atoms with Gasteiger partial charge in [-0.2, -0.15) is 0 Å². The quantitative estimate of drug-likeness (QED) is 0.845. The first-order chi connectivity index (χ1) is 10.1. The van der Waals surface area contributed by atoms with E-state index in [-0.39, 0.29) is 11.5 Å². The van der Waals surface area contributed by atoms with Gasteiger partial charge in [0.25, 0.3) is 0 Å². The lowest BCUT2D eigenvalue weighted by molar-refractivity contribution is 0.373. The lowest BCUT2D eigenvalue weighted by atomic mass is 10.1. The van der Waals surface area contributed by atoms with Crippen LogP contribution in [0.4, 0.5) is 0 Å². The van der Waals surface area contributed by atoms with Crippen molar-refractivity contribution in [1.82, 2.24) is 0 Å².